The van der Waals surface area contributed by atoms with E-state index < -0.39 is 0 Å². The maximum atomic E-state index is 6.40. The molecule has 9 aromatic carbocycles. The molecule has 50 heavy (non-hydrogen) atoms. The minimum absolute atomic E-state index is 0.0133. The van der Waals surface area contributed by atoms with Crippen molar-refractivity contribution in [3.05, 3.63) is 169 Å². The normalized spacial score (nSPS) is 13.6. The summed E-state index contributed by atoms with van der Waals surface area (Å²) in [5, 5.41) is 12.3. The van der Waals surface area contributed by atoms with Crippen LogP contribution in [0.4, 0.5) is 0 Å². The Morgan fingerprint density at radius 2 is 0.920 bits per heavy atom. The maximum absolute atomic E-state index is 6.40. The summed E-state index contributed by atoms with van der Waals surface area (Å²) in [5.41, 5.74) is 12.3. The largest absolute Gasteiger partial charge is 0.456 e. The molecule has 0 N–H and O–H groups in total. The van der Waals surface area contributed by atoms with Crippen molar-refractivity contribution in [2.24, 2.45) is 0 Å². The van der Waals surface area contributed by atoms with Gasteiger partial charge in [-0.25, -0.2) is 0 Å². The van der Waals surface area contributed by atoms with Crippen molar-refractivity contribution < 1.29 is 4.42 Å². The van der Waals surface area contributed by atoms with Crippen LogP contribution >= 0.6 is 0 Å². The van der Waals surface area contributed by atoms with E-state index in [1.165, 1.54) is 87.6 Å². The highest BCUT2D eigenvalue weighted by Gasteiger charge is 2.35. The van der Waals surface area contributed by atoms with Gasteiger partial charge >= 0.3 is 0 Å². The Morgan fingerprint density at radius 3 is 1.64 bits per heavy atom. The zero-order valence-electron chi connectivity index (χ0n) is 27.9. The van der Waals surface area contributed by atoms with Crippen LogP contribution in [-0.2, 0) is 5.41 Å². The Hall–Kier alpha value is -6.18. The highest BCUT2D eigenvalue weighted by atomic mass is 16.3. The van der Waals surface area contributed by atoms with Crippen molar-refractivity contribution in [2.75, 3.05) is 0 Å². The topological polar surface area (TPSA) is 13.1 Å². The quantitative estimate of drug-likeness (QED) is 0.172. The van der Waals surface area contributed by atoms with E-state index in [1.807, 2.05) is 0 Å². The van der Waals surface area contributed by atoms with Gasteiger partial charge in [0.25, 0.3) is 0 Å². The number of benzene rings is 9. The zero-order chi connectivity index (χ0) is 33.1. The first-order valence-corrected chi connectivity index (χ1v) is 17.5. The van der Waals surface area contributed by atoms with Gasteiger partial charge in [0.05, 0.1) is 0 Å². The predicted octanol–water partition coefficient (Wildman–Crippen LogP) is 13.8. The van der Waals surface area contributed by atoms with E-state index in [4.69, 9.17) is 4.42 Å². The fourth-order valence-corrected chi connectivity index (χ4v) is 8.97. The molecule has 234 valence electrons. The Morgan fingerprint density at radius 1 is 0.360 bits per heavy atom. The molecule has 0 atom stereocenters. The summed E-state index contributed by atoms with van der Waals surface area (Å²) in [7, 11) is 0. The van der Waals surface area contributed by atoms with Crippen LogP contribution in [0.3, 0.4) is 0 Å². The van der Waals surface area contributed by atoms with Gasteiger partial charge < -0.3 is 4.42 Å². The van der Waals surface area contributed by atoms with Crippen LogP contribution in [0.5, 0.6) is 0 Å². The van der Waals surface area contributed by atoms with Crippen LogP contribution in [0.15, 0.2) is 162 Å². The lowest BCUT2D eigenvalue weighted by molar-refractivity contribution is 0.661. The van der Waals surface area contributed by atoms with Gasteiger partial charge in [-0.1, -0.05) is 129 Å². The van der Waals surface area contributed by atoms with E-state index in [0.717, 1.165) is 21.9 Å². The standard InChI is InChI=1S/C49H32O/c1-49(2)43-18-10-9-13-35(43)40-26-34-23-32(20-19-31(34)27-44(40)49)47-36-14-5-7-16-38(36)48(39-17-8-6-15-37(39)47)33-21-22-45-41(25-33)42-24-29-11-3-4-12-30(29)28-46(42)50-45/h3-28H,1-2H3. The van der Waals surface area contributed by atoms with Crippen LogP contribution < -0.4 is 0 Å². The minimum atomic E-state index is -0.0133. The number of rotatable bonds is 2. The molecule has 0 unspecified atom stereocenters. The second-order valence-corrected chi connectivity index (χ2v) is 14.5. The van der Waals surface area contributed by atoms with Crippen molar-refractivity contribution in [1.82, 2.24) is 0 Å². The summed E-state index contributed by atoms with van der Waals surface area (Å²) in [6, 6.07) is 58.3. The van der Waals surface area contributed by atoms with Crippen molar-refractivity contribution in [2.45, 2.75) is 19.3 Å². The lowest BCUT2D eigenvalue weighted by atomic mass is 9.81. The molecule has 1 heterocycles. The van der Waals surface area contributed by atoms with Crippen molar-refractivity contribution in [1.29, 1.82) is 0 Å². The average Bonchev–Trinajstić information content (AvgIpc) is 3.61. The van der Waals surface area contributed by atoms with Crippen LogP contribution in [0.1, 0.15) is 25.0 Å². The van der Waals surface area contributed by atoms with E-state index in [1.54, 1.807) is 0 Å². The molecule has 0 amide bonds. The van der Waals surface area contributed by atoms with Gasteiger partial charge in [-0.3, -0.25) is 0 Å². The van der Waals surface area contributed by atoms with Gasteiger partial charge in [0.1, 0.15) is 11.2 Å². The molecule has 1 aliphatic carbocycles. The summed E-state index contributed by atoms with van der Waals surface area (Å²) in [5.74, 6) is 0. The number of furan rings is 1. The molecule has 0 bridgehead atoms. The first-order valence-electron chi connectivity index (χ1n) is 17.5. The molecule has 1 aliphatic rings. The first-order chi connectivity index (χ1) is 24.5. The Labute approximate surface area is 290 Å². The highest BCUT2D eigenvalue weighted by molar-refractivity contribution is 6.22. The van der Waals surface area contributed by atoms with E-state index in [-0.39, 0.29) is 5.41 Å². The monoisotopic (exact) mass is 636 g/mol. The first kappa shape index (κ1) is 27.7. The molecule has 11 rings (SSSR count). The molecule has 1 aromatic heterocycles. The summed E-state index contributed by atoms with van der Waals surface area (Å²) in [6.45, 7) is 4.71. The lowest BCUT2D eigenvalue weighted by Crippen LogP contribution is -2.14. The van der Waals surface area contributed by atoms with Gasteiger partial charge in [0.2, 0.25) is 0 Å². The van der Waals surface area contributed by atoms with Crippen molar-refractivity contribution in [3.8, 4) is 33.4 Å². The van der Waals surface area contributed by atoms with Crippen LogP contribution in [-0.4, -0.2) is 0 Å². The molecule has 0 radical (unpaired) electrons. The van der Waals surface area contributed by atoms with Gasteiger partial charge in [0, 0.05) is 16.2 Å². The molecule has 0 aliphatic heterocycles. The number of fused-ring (bicyclic) bond motifs is 10. The van der Waals surface area contributed by atoms with E-state index in [0.29, 0.717) is 0 Å². The summed E-state index contributed by atoms with van der Waals surface area (Å²) < 4.78 is 6.40. The third-order valence-corrected chi connectivity index (χ3v) is 11.4. The third kappa shape index (κ3) is 3.78. The number of hydrogen-bond acceptors (Lipinski definition) is 1. The van der Waals surface area contributed by atoms with Gasteiger partial charge in [0.15, 0.2) is 0 Å². The molecule has 0 spiro atoms. The van der Waals surface area contributed by atoms with Crippen molar-refractivity contribution >= 4 is 65.0 Å². The van der Waals surface area contributed by atoms with Crippen LogP contribution in [0.25, 0.3) is 98.4 Å². The SMILES string of the molecule is CC1(C)c2ccccc2-c2cc3cc(-c4c5ccccc5c(-c5ccc6oc7cc8ccccc8cc7c6c5)c5ccccc45)ccc3cc21. The van der Waals surface area contributed by atoms with Crippen LogP contribution in [0, 0.1) is 0 Å². The van der Waals surface area contributed by atoms with E-state index >= 15 is 0 Å². The second-order valence-electron chi connectivity index (χ2n) is 14.5. The smallest absolute Gasteiger partial charge is 0.136 e. The molecular weight excluding hydrogens is 605 g/mol. The van der Waals surface area contributed by atoms with Gasteiger partial charge in [-0.2, -0.15) is 0 Å². The zero-order valence-corrected chi connectivity index (χ0v) is 27.9. The Kier molecular flexibility index (Phi) is 5.51. The van der Waals surface area contributed by atoms with Crippen molar-refractivity contribution in [3.63, 3.8) is 0 Å². The molecule has 10 aromatic rings. The Balaban J connectivity index is 1.15. The molecule has 0 saturated carbocycles. The fraction of sp³-hybridized carbons (Fsp3) is 0.0612. The summed E-state index contributed by atoms with van der Waals surface area (Å²) >= 11 is 0. The van der Waals surface area contributed by atoms with E-state index in [9.17, 15) is 0 Å². The molecule has 1 heteroatoms. The molecule has 0 saturated heterocycles. The maximum Gasteiger partial charge on any atom is 0.136 e. The summed E-state index contributed by atoms with van der Waals surface area (Å²) in [6.07, 6.45) is 0. The molecular formula is C49H32O. The second kappa shape index (κ2) is 9.94. The summed E-state index contributed by atoms with van der Waals surface area (Å²) in [4.78, 5) is 0. The van der Waals surface area contributed by atoms with E-state index in [2.05, 4.69) is 172 Å². The molecule has 1 nitrogen and oxygen atoms in total. The average molecular weight is 637 g/mol. The molecule has 0 fully saturated rings. The number of hydrogen-bond donors (Lipinski definition) is 0. The fourth-order valence-electron chi connectivity index (χ4n) is 8.97. The highest BCUT2D eigenvalue weighted by Crippen LogP contribution is 2.51. The minimum Gasteiger partial charge on any atom is -0.456 e. The Bertz CT molecular complexity index is 3010. The van der Waals surface area contributed by atoms with Gasteiger partial charge in [-0.05, 0) is 130 Å². The van der Waals surface area contributed by atoms with Crippen LogP contribution in [0.2, 0.25) is 0 Å². The van der Waals surface area contributed by atoms with Gasteiger partial charge in [-0.15, -0.1) is 0 Å². The third-order valence-electron chi connectivity index (χ3n) is 11.4. The lowest BCUT2D eigenvalue weighted by Gasteiger charge is -2.22. The predicted molar refractivity (Wildman–Crippen MR) is 212 cm³/mol.